The van der Waals surface area contributed by atoms with Crippen LogP contribution in [0.5, 0.6) is 5.88 Å². The number of hydrogen-bond acceptors (Lipinski definition) is 8. The molecule has 3 aromatic heterocycles. The molecular weight excluding hydrogens is 623 g/mol. The number of aliphatic hydroxyl groups excluding tert-OH is 2. The first kappa shape index (κ1) is 31.1. The number of fused-ring (bicyclic) bond motifs is 1. The molecule has 0 unspecified atom stereocenters. The van der Waals surface area contributed by atoms with Gasteiger partial charge in [0.2, 0.25) is 5.88 Å². The van der Waals surface area contributed by atoms with Crippen molar-refractivity contribution < 1.29 is 14.9 Å². The number of aliphatic hydroxyl groups is 2. The Kier molecular flexibility index (Phi) is 8.71. The minimum absolute atomic E-state index is 0.201. The third kappa shape index (κ3) is 5.99. The lowest BCUT2D eigenvalue weighted by Gasteiger charge is -2.32. The number of ether oxygens (including phenoxy) is 1. The number of nitrogens with zero attached hydrogens (tertiary/aromatic N) is 4. The number of aromatic nitrogens is 4. The highest BCUT2D eigenvalue weighted by molar-refractivity contribution is 6.39. The number of hydrogen-bond donors (Lipinski definition) is 4. The summed E-state index contributed by atoms with van der Waals surface area (Å²) in [5, 5.41) is 27.2. The highest BCUT2D eigenvalue weighted by atomic mass is 35.5. The van der Waals surface area contributed by atoms with Crippen LogP contribution in [0.4, 0.5) is 0 Å². The van der Waals surface area contributed by atoms with Crippen molar-refractivity contribution in [1.82, 2.24) is 30.2 Å². The van der Waals surface area contributed by atoms with Gasteiger partial charge in [0.15, 0.2) is 5.65 Å². The number of rotatable bonds is 10. The first-order chi connectivity index (χ1) is 22.3. The van der Waals surface area contributed by atoms with Gasteiger partial charge in [-0.15, -0.1) is 0 Å². The summed E-state index contributed by atoms with van der Waals surface area (Å²) in [7, 11) is 3.58. The van der Waals surface area contributed by atoms with Crippen LogP contribution in [0.2, 0.25) is 10.0 Å². The summed E-state index contributed by atoms with van der Waals surface area (Å²) in [5.41, 5.74) is 7.10. The Labute approximate surface area is 277 Å². The van der Waals surface area contributed by atoms with Crippen LogP contribution < -0.4 is 15.4 Å². The van der Waals surface area contributed by atoms with Crippen LogP contribution in [0.1, 0.15) is 37.1 Å². The molecule has 2 saturated carbocycles. The SMILES string of the molecule is COc1nc(-c2cccc(-c3cccc(-c4ccc5nc(CN[C@H]6C[C@H](O)C6)n(C)c5n4)c3Cl)c2Cl)ccc1CN[C@H]1C[C@H](O)C1. The molecule has 0 bridgehead atoms. The largest absolute Gasteiger partial charge is 0.481 e. The van der Waals surface area contributed by atoms with Gasteiger partial charge in [-0.25, -0.2) is 15.0 Å². The lowest BCUT2D eigenvalue weighted by Crippen LogP contribution is -2.44. The fourth-order valence-corrected chi connectivity index (χ4v) is 6.87. The minimum atomic E-state index is -0.209. The summed E-state index contributed by atoms with van der Waals surface area (Å²) in [6.07, 6.45) is 2.67. The van der Waals surface area contributed by atoms with Gasteiger partial charge in [-0.1, -0.05) is 65.7 Å². The number of methoxy groups -OCH3 is 1. The second-order valence-corrected chi connectivity index (χ2v) is 13.0. The van der Waals surface area contributed by atoms with Crippen LogP contribution in [-0.2, 0) is 20.1 Å². The van der Waals surface area contributed by atoms with Crippen molar-refractivity contribution in [1.29, 1.82) is 0 Å². The normalized spacial score (nSPS) is 20.8. The summed E-state index contributed by atoms with van der Waals surface area (Å²) < 4.78 is 7.64. The van der Waals surface area contributed by atoms with E-state index in [1.54, 1.807) is 7.11 Å². The highest BCUT2D eigenvalue weighted by Crippen LogP contribution is 2.42. The first-order valence-corrected chi connectivity index (χ1v) is 16.3. The molecule has 0 radical (unpaired) electrons. The quantitative estimate of drug-likeness (QED) is 0.146. The summed E-state index contributed by atoms with van der Waals surface area (Å²) >= 11 is 14.2. The van der Waals surface area contributed by atoms with Crippen molar-refractivity contribution in [3.63, 3.8) is 0 Å². The average Bonchev–Trinajstić information content (AvgIpc) is 3.35. The molecule has 0 amide bonds. The molecule has 0 aliphatic heterocycles. The molecule has 2 aliphatic rings. The summed E-state index contributed by atoms with van der Waals surface area (Å²) in [5.74, 6) is 1.42. The Morgan fingerprint density at radius 2 is 1.28 bits per heavy atom. The van der Waals surface area contributed by atoms with Gasteiger partial charge in [-0.2, -0.15) is 0 Å². The Morgan fingerprint density at radius 3 is 1.87 bits per heavy atom. The maximum atomic E-state index is 9.59. The van der Waals surface area contributed by atoms with Crippen molar-refractivity contribution in [2.24, 2.45) is 7.05 Å². The lowest BCUT2D eigenvalue weighted by atomic mass is 9.89. The number of pyridine rings is 2. The Morgan fingerprint density at radius 1 is 0.739 bits per heavy atom. The summed E-state index contributed by atoms with van der Waals surface area (Å²) in [4.78, 5) is 14.5. The van der Waals surface area contributed by atoms with E-state index in [9.17, 15) is 10.2 Å². The van der Waals surface area contributed by atoms with Crippen molar-refractivity contribution in [2.45, 2.75) is 63.1 Å². The highest BCUT2D eigenvalue weighted by Gasteiger charge is 2.28. The number of benzene rings is 2. The maximum absolute atomic E-state index is 9.59. The number of nitrogens with one attached hydrogen (secondary N) is 2. The Balaban J connectivity index is 1.16. The molecule has 0 atom stereocenters. The molecule has 2 aliphatic carbocycles. The van der Waals surface area contributed by atoms with Gasteiger partial charge in [0, 0.05) is 53.5 Å². The van der Waals surface area contributed by atoms with Gasteiger partial charge in [0.05, 0.1) is 47.3 Å². The van der Waals surface area contributed by atoms with Gasteiger partial charge in [-0.3, -0.25) is 0 Å². The molecule has 3 heterocycles. The average molecular weight is 660 g/mol. The third-order valence-corrected chi connectivity index (χ3v) is 9.95. The van der Waals surface area contributed by atoms with E-state index in [-0.39, 0.29) is 12.2 Å². The molecular formula is C35H36Cl2N6O3. The van der Waals surface area contributed by atoms with Gasteiger partial charge in [0.1, 0.15) is 11.3 Å². The monoisotopic (exact) mass is 658 g/mol. The van der Waals surface area contributed by atoms with E-state index in [0.717, 1.165) is 76.2 Å². The first-order valence-electron chi connectivity index (χ1n) is 15.6. The molecule has 2 aromatic carbocycles. The zero-order chi connectivity index (χ0) is 31.9. The van der Waals surface area contributed by atoms with Gasteiger partial charge in [0.25, 0.3) is 0 Å². The van der Waals surface area contributed by atoms with Gasteiger partial charge < -0.3 is 30.2 Å². The van der Waals surface area contributed by atoms with E-state index in [2.05, 4.69) is 10.6 Å². The number of aryl methyl sites for hydroxylation is 1. The fourth-order valence-electron chi connectivity index (χ4n) is 6.22. The van der Waals surface area contributed by atoms with Crippen LogP contribution >= 0.6 is 23.2 Å². The molecule has 238 valence electrons. The Bertz CT molecular complexity index is 1900. The zero-order valence-corrected chi connectivity index (χ0v) is 27.2. The van der Waals surface area contributed by atoms with Crippen molar-refractivity contribution in [2.75, 3.05) is 7.11 Å². The van der Waals surface area contributed by atoms with E-state index >= 15 is 0 Å². The third-order valence-electron chi connectivity index (χ3n) is 9.14. The maximum Gasteiger partial charge on any atom is 0.218 e. The van der Waals surface area contributed by atoms with Crippen molar-refractivity contribution >= 4 is 34.4 Å². The van der Waals surface area contributed by atoms with Crippen LogP contribution in [0.25, 0.3) is 44.8 Å². The zero-order valence-electron chi connectivity index (χ0n) is 25.7. The predicted molar refractivity (Wildman–Crippen MR) is 181 cm³/mol. The second kappa shape index (κ2) is 12.9. The van der Waals surface area contributed by atoms with E-state index in [1.807, 2.05) is 72.3 Å². The fraction of sp³-hybridized carbons (Fsp3) is 0.343. The lowest BCUT2D eigenvalue weighted by molar-refractivity contribution is 0.0613. The molecule has 9 nitrogen and oxygen atoms in total. The van der Waals surface area contributed by atoms with Crippen LogP contribution in [0.15, 0.2) is 60.7 Å². The molecule has 46 heavy (non-hydrogen) atoms. The summed E-state index contributed by atoms with van der Waals surface area (Å²) in [6, 6.07) is 20.2. The number of imidazole rings is 1. The molecule has 5 aromatic rings. The van der Waals surface area contributed by atoms with E-state index < -0.39 is 0 Å². The molecule has 7 rings (SSSR count). The van der Waals surface area contributed by atoms with Gasteiger partial charge in [-0.05, 0) is 43.9 Å². The molecule has 4 N–H and O–H groups in total. The van der Waals surface area contributed by atoms with Crippen LogP contribution in [0, 0.1) is 0 Å². The second-order valence-electron chi connectivity index (χ2n) is 12.2. The van der Waals surface area contributed by atoms with Crippen LogP contribution in [-0.4, -0.2) is 61.1 Å². The van der Waals surface area contributed by atoms with Gasteiger partial charge >= 0.3 is 0 Å². The van der Waals surface area contributed by atoms with E-state index in [4.69, 9.17) is 42.9 Å². The smallest absolute Gasteiger partial charge is 0.218 e. The Hall–Kier alpha value is -3.57. The summed E-state index contributed by atoms with van der Waals surface area (Å²) in [6.45, 7) is 1.21. The van der Waals surface area contributed by atoms with Crippen LogP contribution in [0.3, 0.4) is 0 Å². The molecule has 0 spiro atoms. The molecule has 0 saturated heterocycles. The topological polar surface area (TPSA) is 117 Å². The molecule has 11 heteroatoms. The van der Waals surface area contributed by atoms with E-state index in [1.165, 1.54) is 0 Å². The standard InChI is InChI=1S/C35H36Cl2N6O3/c1-43-31(18-39-21-15-23(45)16-21)40-30-12-11-28(41-34(30)43)26-7-3-5-24(32(26)36)25-6-4-8-27(33(25)37)29-10-9-19(35(42-29)46-2)17-38-20-13-22(44)14-20/h3-12,20-23,38-39,44-45H,13-18H2,1-2H3/t20-,21-,22-,23-. The number of halogens is 2. The van der Waals surface area contributed by atoms with Crippen molar-refractivity contribution in [3.8, 4) is 39.5 Å². The van der Waals surface area contributed by atoms with E-state index in [0.29, 0.717) is 46.8 Å². The molecule has 2 fully saturated rings. The minimum Gasteiger partial charge on any atom is -0.481 e. The van der Waals surface area contributed by atoms with Crippen molar-refractivity contribution in [3.05, 3.63) is 82.1 Å². The predicted octanol–water partition coefficient (Wildman–Crippen LogP) is 5.91.